The summed E-state index contributed by atoms with van der Waals surface area (Å²) in [6, 6.07) is 3.12. The standard InChI is InChI=1S/C16H23Cl2N5O7/c1-10(30-16(24)28-6-4-27-5-7-29-23(25)26)22-3-2-20-15(22)21-14-12(17)8-11(19)9-13(14)18/h8-10,25-26H,2-7,19H2,1H3,(H,20,21). The molecule has 1 aliphatic heterocycles. The zero-order chi connectivity index (χ0) is 22.1. The first-order chi connectivity index (χ1) is 14.3. The van der Waals surface area contributed by atoms with Crippen LogP contribution in [0.15, 0.2) is 17.1 Å². The van der Waals surface area contributed by atoms with Gasteiger partial charge in [-0.1, -0.05) is 23.2 Å². The predicted octanol–water partition coefficient (Wildman–Crippen LogP) is 2.19. The van der Waals surface area contributed by atoms with Gasteiger partial charge in [0.25, 0.3) is 0 Å². The van der Waals surface area contributed by atoms with E-state index >= 15 is 0 Å². The fourth-order valence-electron chi connectivity index (χ4n) is 2.45. The summed E-state index contributed by atoms with van der Waals surface area (Å²) >= 11 is 12.4. The molecule has 0 bridgehead atoms. The Morgan fingerprint density at radius 3 is 2.63 bits per heavy atom. The van der Waals surface area contributed by atoms with Crippen molar-refractivity contribution in [2.24, 2.45) is 4.99 Å². The number of hydrogen-bond acceptors (Lipinski definition) is 12. The lowest BCUT2D eigenvalue weighted by Crippen LogP contribution is -2.42. The van der Waals surface area contributed by atoms with Gasteiger partial charge < -0.3 is 30.2 Å². The molecule has 0 spiro atoms. The molecular formula is C16H23Cl2N5O7. The van der Waals surface area contributed by atoms with Gasteiger partial charge in [-0.2, -0.15) is 0 Å². The van der Waals surface area contributed by atoms with Crippen molar-refractivity contribution in [2.45, 2.75) is 13.2 Å². The van der Waals surface area contributed by atoms with Crippen molar-refractivity contribution in [3.63, 3.8) is 0 Å². The van der Waals surface area contributed by atoms with Crippen LogP contribution in [0.5, 0.6) is 0 Å². The Balaban J connectivity index is 1.76. The fraction of sp³-hybridized carbons (Fsp3) is 0.500. The van der Waals surface area contributed by atoms with Crippen molar-refractivity contribution in [2.75, 3.05) is 50.6 Å². The van der Waals surface area contributed by atoms with E-state index < -0.39 is 17.8 Å². The SMILES string of the molecule is CC(OC(=O)OCCOCCON(O)O)N1CCN=C1Nc1c(Cl)cc(N)cc1Cl. The molecule has 30 heavy (non-hydrogen) atoms. The van der Waals surface area contributed by atoms with Crippen LogP contribution in [-0.2, 0) is 19.0 Å². The summed E-state index contributed by atoms with van der Waals surface area (Å²) in [5.41, 5.74) is 6.58. The molecule has 1 aromatic rings. The smallest absolute Gasteiger partial charge is 0.432 e. The molecule has 0 radical (unpaired) electrons. The average molecular weight is 468 g/mol. The van der Waals surface area contributed by atoms with Crippen molar-refractivity contribution in [1.82, 2.24) is 10.3 Å². The van der Waals surface area contributed by atoms with Crippen LogP contribution in [0.2, 0.25) is 10.0 Å². The summed E-state index contributed by atoms with van der Waals surface area (Å²) in [5.74, 6) is 0.439. The van der Waals surface area contributed by atoms with Crippen molar-refractivity contribution < 1.29 is 34.3 Å². The molecule has 0 aromatic heterocycles. The van der Waals surface area contributed by atoms with Crippen LogP contribution in [-0.4, -0.2) is 78.6 Å². The van der Waals surface area contributed by atoms with E-state index in [-0.39, 0.29) is 26.4 Å². The van der Waals surface area contributed by atoms with Crippen molar-refractivity contribution in [3.05, 3.63) is 22.2 Å². The van der Waals surface area contributed by atoms with Crippen molar-refractivity contribution in [3.8, 4) is 0 Å². The maximum Gasteiger partial charge on any atom is 0.510 e. The molecule has 0 amide bonds. The summed E-state index contributed by atoms with van der Waals surface area (Å²) < 4.78 is 15.2. The molecule has 0 saturated heterocycles. The molecule has 1 unspecified atom stereocenters. The second-order valence-corrected chi connectivity index (χ2v) is 6.71. The molecule has 0 aliphatic carbocycles. The number of nitrogens with one attached hydrogen (secondary N) is 1. The summed E-state index contributed by atoms with van der Waals surface area (Å²) in [4.78, 5) is 22.2. The molecule has 5 N–H and O–H groups in total. The van der Waals surface area contributed by atoms with E-state index in [0.717, 1.165) is 0 Å². The highest BCUT2D eigenvalue weighted by Gasteiger charge is 2.26. The summed E-state index contributed by atoms with van der Waals surface area (Å²) in [6.07, 6.45) is -1.55. The third kappa shape index (κ3) is 7.65. The number of nitrogens with zero attached hydrogens (tertiary/aromatic N) is 3. The molecule has 2 rings (SSSR count). The summed E-state index contributed by atoms with van der Waals surface area (Å²) in [5, 5.41) is 20.0. The second-order valence-electron chi connectivity index (χ2n) is 5.90. The van der Waals surface area contributed by atoms with E-state index in [1.54, 1.807) is 24.0 Å². The highest BCUT2D eigenvalue weighted by molar-refractivity contribution is 6.40. The van der Waals surface area contributed by atoms with Gasteiger partial charge in [-0.3, -0.25) is 15.4 Å². The molecule has 1 aliphatic rings. The number of aliphatic imine (C=N–C) groups is 1. The normalized spacial score (nSPS) is 14.6. The minimum atomic E-state index is -0.881. The third-order valence-electron chi connectivity index (χ3n) is 3.76. The zero-order valence-electron chi connectivity index (χ0n) is 16.1. The highest BCUT2D eigenvalue weighted by atomic mass is 35.5. The monoisotopic (exact) mass is 467 g/mol. The van der Waals surface area contributed by atoms with Crippen LogP contribution in [0.1, 0.15) is 6.92 Å². The Morgan fingerprint density at radius 1 is 1.30 bits per heavy atom. The van der Waals surface area contributed by atoms with Crippen molar-refractivity contribution in [1.29, 1.82) is 0 Å². The van der Waals surface area contributed by atoms with Gasteiger partial charge in [-0.05, 0) is 19.1 Å². The lowest BCUT2D eigenvalue weighted by molar-refractivity contribution is -0.493. The molecule has 168 valence electrons. The van der Waals surface area contributed by atoms with E-state index in [1.807, 2.05) is 0 Å². The molecule has 14 heteroatoms. The maximum atomic E-state index is 11.9. The number of carbonyl (C=O) groups is 1. The van der Waals surface area contributed by atoms with Crippen LogP contribution >= 0.6 is 23.2 Å². The molecule has 1 aromatic carbocycles. The van der Waals surface area contributed by atoms with Gasteiger partial charge in [0.15, 0.2) is 6.23 Å². The minimum absolute atomic E-state index is 0.0522. The molecule has 1 heterocycles. The number of carbonyl (C=O) groups excluding carboxylic acids is 1. The Bertz CT molecular complexity index is 730. The van der Waals surface area contributed by atoms with E-state index in [4.69, 9.17) is 53.6 Å². The minimum Gasteiger partial charge on any atom is -0.432 e. The molecule has 1 atom stereocenters. The van der Waals surface area contributed by atoms with Gasteiger partial charge in [-0.25, -0.2) is 9.63 Å². The van der Waals surface area contributed by atoms with E-state index in [0.29, 0.717) is 40.5 Å². The van der Waals surface area contributed by atoms with Crippen LogP contribution < -0.4 is 11.1 Å². The van der Waals surface area contributed by atoms with Crippen LogP contribution in [0.25, 0.3) is 0 Å². The van der Waals surface area contributed by atoms with E-state index in [1.165, 1.54) is 0 Å². The van der Waals surface area contributed by atoms with Crippen molar-refractivity contribution >= 4 is 46.7 Å². The lowest BCUT2D eigenvalue weighted by Gasteiger charge is -2.27. The average Bonchev–Trinajstić information content (AvgIpc) is 3.12. The van der Waals surface area contributed by atoms with Gasteiger partial charge in [0, 0.05) is 12.2 Å². The predicted molar refractivity (Wildman–Crippen MR) is 108 cm³/mol. The number of rotatable bonds is 10. The number of benzene rings is 1. The van der Waals surface area contributed by atoms with E-state index in [2.05, 4.69) is 15.1 Å². The Hall–Kier alpha value is -2.06. The molecule has 0 saturated carbocycles. The Kier molecular flexibility index (Phi) is 9.65. The van der Waals surface area contributed by atoms with Gasteiger partial charge >= 0.3 is 6.16 Å². The zero-order valence-corrected chi connectivity index (χ0v) is 17.6. The summed E-state index contributed by atoms with van der Waals surface area (Å²) in [6.45, 7) is 2.68. The topological polar surface area (TPSA) is 151 Å². The van der Waals surface area contributed by atoms with E-state index in [9.17, 15) is 4.79 Å². The number of nitrogen functional groups attached to an aromatic ring is 1. The van der Waals surface area contributed by atoms with Crippen LogP contribution in [0.4, 0.5) is 16.2 Å². The summed E-state index contributed by atoms with van der Waals surface area (Å²) in [7, 11) is 0. The third-order valence-corrected chi connectivity index (χ3v) is 4.36. The Labute approximate surface area is 182 Å². The maximum absolute atomic E-state index is 11.9. The number of nitrogens with two attached hydrogens (primary N) is 1. The molecular weight excluding hydrogens is 445 g/mol. The second kappa shape index (κ2) is 12.0. The van der Waals surface area contributed by atoms with Crippen LogP contribution in [0, 0.1) is 0 Å². The molecule has 0 fully saturated rings. The largest absolute Gasteiger partial charge is 0.510 e. The number of halogens is 2. The molecule has 12 nitrogen and oxygen atoms in total. The first-order valence-corrected chi connectivity index (χ1v) is 9.58. The van der Waals surface area contributed by atoms with Crippen LogP contribution in [0.3, 0.4) is 0 Å². The number of ether oxygens (including phenoxy) is 3. The number of guanidine groups is 1. The van der Waals surface area contributed by atoms with Gasteiger partial charge in [0.1, 0.15) is 6.61 Å². The number of hydrogen-bond donors (Lipinski definition) is 4. The van der Waals surface area contributed by atoms with Gasteiger partial charge in [0.05, 0.1) is 47.5 Å². The highest BCUT2D eigenvalue weighted by Crippen LogP contribution is 2.33. The van der Waals surface area contributed by atoms with Gasteiger partial charge in [0.2, 0.25) is 5.96 Å². The quantitative estimate of drug-likeness (QED) is 0.173. The first-order valence-electron chi connectivity index (χ1n) is 8.82. The first kappa shape index (κ1) is 24.2. The lowest BCUT2D eigenvalue weighted by atomic mass is 10.3. The Morgan fingerprint density at radius 2 is 1.97 bits per heavy atom. The van der Waals surface area contributed by atoms with Gasteiger partial charge in [-0.15, -0.1) is 0 Å². The fourth-order valence-corrected chi connectivity index (χ4v) is 3.05. The number of anilines is 2.